The molecule has 0 aromatic heterocycles. The Morgan fingerprint density at radius 2 is 2.15 bits per heavy atom. The van der Waals surface area contributed by atoms with Crippen LogP contribution in [0.5, 0.6) is 5.75 Å². The third-order valence-corrected chi connectivity index (χ3v) is 4.10. The van der Waals surface area contributed by atoms with Crippen LogP contribution in [0, 0.1) is 0 Å². The van der Waals surface area contributed by atoms with Crippen molar-refractivity contribution in [1.29, 1.82) is 0 Å². The predicted molar refractivity (Wildman–Crippen MR) is 79.7 cm³/mol. The molecule has 0 heterocycles. The number of aryl methyl sites for hydroxylation is 1. The Hall–Kier alpha value is -1.55. The molecule has 1 amide bonds. The summed E-state index contributed by atoms with van der Waals surface area (Å²) >= 11 is 0. The maximum atomic E-state index is 12.0. The summed E-state index contributed by atoms with van der Waals surface area (Å²) in [4.78, 5) is 15.8. The molecule has 0 spiro atoms. The standard InChI is InChI=1S/C16H24N2O2/c1-4-18(11-16(20)17(2)3)15-7-5-6-12-8-9-13(19)10-14(12)15/h8-10,15,19H,4-7,11H2,1-3H3. The molecule has 4 heteroatoms. The van der Waals surface area contributed by atoms with E-state index in [1.807, 2.05) is 12.1 Å². The van der Waals surface area contributed by atoms with E-state index in [-0.39, 0.29) is 11.9 Å². The summed E-state index contributed by atoms with van der Waals surface area (Å²) < 4.78 is 0. The van der Waals surface area contributed by atoms with Crippen molar-refractivity contribution in [2.24, 2.45) is 0 Å². The van der Waals surface area contributed by atoms with Crippen LogP contribution >= 0.6 is 0 Å². The summed E-state index contributed by atoms with van der Waals surface area (Å²) in [5.41, 5.74) is 2.49. The van der Waals surface area contributed by atoms with E-state index in [9.17, 15) is 9.90 Å². The molecule has 1 aliphatic carbocycles. The molecule has 1 aromatic carbocycles. The number of nitrogens with zero attached hydrogens (tertiary/aromatic N) is 2. The summed E-state index contributed by atoms with van der Waals surface area (Å²) in [6.07, 6.45) is 3.24. The lowest BCUT2D eigenvalue weighted by Gasteiger charge is -2.35. The van der Waals surface area contributed by atoms with E-state index in [2.05, 4.69) is 11.8 Å². The first-order chi connectivity index (χ1) is 9.52. The van der Waals surface area contributed by atoms with Gasteiger partial charge in [-0.15, -0.1) is 0 Å². The second-order valence-corrected chi connectivity index (χ2v) is 5.64. The maximum absolute atomic E-state index is 12.0. The van der Waals surface area contributed by atoms with E-state index in [1.165, 1.54) is 11.1 Å². The van der Waals surface area contributed by atoms with Gasteiger partial charge in [0.05, 0.1) is 6.54 Å². The van der Waals surface area contributed by atoms with Gasteiger partial charge in [0.25, 0.3) is 0 Å². The molecule has 1 N–H and O–H groups in total. The molecule has 0 saturated carbocycles. The first-order valence-electron chi connectivity index (χ1n) is 7.29. The molecule has 0 fully saturated rings. The second kappa shape index (κ2) is 6.27. The predicted octanol–water partition coefficient (Wildman–Crippen LogP) is 2.18. The quantitative estimate of drug-likeness (QED) is 0.916. The van der Waals surface area contributed by atoms with Gasteiger partial charge >= 0.3 is 0 Å². The molecule has 20 heavy (non-hydrogen) atoms. The molecular weight excluding hydrogens is 252 g/mol. The molecule has 1 aliphatic rings. The average Bonchev–Trinajstić information content (AvgIpc) is 2.43. The zero-order valence-electron chi connectivity index (χ0n) is 12.6. The summed E-state index contributed by atoms with van der Waals surface area (Å²) in [7, 11) is 3.58. The van der Waals surface area contributed by atoms with Gasteiger partial charge in [-0.1, -0.05) is 13.0 Å². The largest absolute Gasteiger partial charge is 0.508 e. The molecule has 1 aromatic rings. The van der Waals surface area contributed by atoms with Gasteiger partial charge in [0.1, 0.15) is 5.75 Å². The lowest BCUT2D eigenvalue weighted by molar-refractivity contribution is -0.130. The van der Waals surface area contributed by atoms with Crippen molar-refractivity contribution in [2.45, 2.75) is 32.2 Å². The Kier molecular flexibility index (Phi) is 4.65. The average molecular weight is 276 g/mol. The van der Waals surface area contributed by atoms with Crippen molar-refractivity contribution >= 4 is 5.91 Å². The topological polar surface area (TPSA) is 43.8 Å². The van der Waals surface area contributed by atoms with Crippen molar-refractivity contribution in [3.05, 3.63) is 29.3 Å². The Balaban J connectivity index is 2.24. The fraction of sp³-hybridized carbons (Fsp3) is 0.562. The monoisotopic (exact) mass is 276 g/mol. The molecule has 4 nitrogen and oxygen atoms in total. The third kappa shape index (κ3) is 3.12. The smallest absolute Gasteiger partial charge is 0.236 e. The highest BCUT2D eigenvalue weighted by molar-refractivity contribution is 5.77. The van der Waals surface area contributed by atoms with Crippen LogP contribution in [-0.4, -0.2) is 48.0 Å². The highest BCUT2D eigenvalue weighted by Crippen LogP contribution is 2.35. The number of phenols is 1. The number of hydrogen-bond donors (Lipinski definition) is 1. The zero-order valence-corrected chi connectivity index (χ0v) is 12.6. The van der Waals surface area contributed by atoms with Gasteiger partial charge in [-0.2, -0.15) is 0 Å². The Bertz CT molecular complexity index is 485. The van der Waals surface area contributed by atoms with Crippen LogP contribution in [0.4, 0.5) is 0 Å². The molecule has 0 saturated heterocycles. The number of hydrogen-bond acceptors (Lipinski definition) is 3. The lowest BCUT2D eigenvalue weighted by atomic mass is 9.86. The number of phenolic OH excluding ortho intramolecular Hbond substituents is 1. The van der Waals surface area contributed by atoms with Crippen LogP contribution in [0.15, 0.2) is 18.2 Å². The number of fused-ring (bicyclic) bond motifs is 1. The van der Waals surface area contributed by atoms with Gasteiger partial charge in [-0.05, 0) is 49.1 Å². The fourth-order valence-electron chi connectivity index (χ4n) is 2.90. The van der Waals surface area contributed by atoms with Crippen LogP contribution in [0.1, 0.15) is 36.9 Å². The van der Waals surface area contributed by atoms with Gasteiger partial charge in [0.2, 0.25) is 5.91 Å². The molecular formula is C16H24N2O2. The minimum atomic E-state index is 0.124. The first-order valence-corrected chi connectivity index (χ1v) is 7.29. The Labute approximate surface area is 121 Å². The summed E-state index contributed by atoms with van der Waals surface area (Å²) in [5.74, 6) is 0.435. The van der Waals surface area contributed by atoms with Crippen LogP contribution in [0.25, 0.3) is 0 Å². The Morgan fingerprint density at radius 1 is 1.40 bits per heavy atom. The molecule has 1 unspecified atom stereocenters. The minimum Gasteiger partial charge on any atom is -0.508 e. The van der Waals surface area contributed by atoms with Gasteiger partial charge in [0.15, 0.2) is 0 Å². The lowest BCUT2D eigenvalue weighted by Crippen LogP contribution is -2.39. The highest BCUT2D eigenvalue weighted by atomic mass is 16.3. The molecule has 0 bridgehead atoms. The van der Waals surface area contributed by atoms with Crippen molar-refractivity contribution in [3.63, 3.8) is 0 Å². The highest BCUT2D eigenvalue weighted by Gasteiger charge is 2.27. The molecule has 0 aliphatic heterocycles. The molecule has 110 valence electrons. The van der Waals surface area contributed by atoms with Gasteiger partial charge in [0, 0.05) is 20.1 Å². The first kappa shape index (κ1) is 14.9. The number of carbonyl (C=O) groups is 1. The van der Waals surface area contributed by atoms with Crippen molar-refractivity contribution < 1.29 is 9.90 Å². The minimum absolute atomic E-state index is 0.124. The van der Waals surface area contributed by atoms with E-state index in [4.69, 9.17) is 0 Å². The Morgan fingerprint density at radius 3 is 2.80 bits per heavy atom. The normalized spacial score (nSPS) is 17.9. The summed E-state index contributed by atoms with van der Waals surface area (Å²) in [5, 5.41) is 9.74. The number of carbonyl (C=O) groups excluding carboxylic acids is 1. The third-order valence-electron chi connectivity index (χ3n) is 4.10. The van der Waals surface area contributed by atoms with Crippen LogP contribution in [-0.2, 0) is 11.2 Å². The zero-order chi connectivity index (χ0) is 14.7. The van der Waals surface area contributed by atoms with E-state index in [0.29, 0.717) is 12.3 Å². The van der Waals surface area contributed by atoms with Crippen molar-refractivity contribution in [1.82, 2.24) is 9.80 Å². The maximum Gasteiger partial charge on any atom is 0.236 e. The van der Waals surface area contributed by atoms with Crippen molar-refractivity contribution in [2.75, 3.05) is 27.2 Å². The van der Waals surface area contributed by atoms with Gasteiger partial charge in [-0.25, -0.2) is 0 Å². The van der Waals surface area contributed by atoms with Gasteiger partial charge in [-0.3, -0.25) is 9.69 Å². The molecule has 1 atom stereocenters. The fourth-order valence-corrected chi connectivity index (χ4v) is 2.90. The number of amides is 1. The van der Waals surface area contributed by atoms with Crippen LogP contribution in [0.3, 0.4) is 0 Å². The van der Waals surface area contributed by atoms with E-state index < -0.39 is 0 Å². The van der Waals surface area contributed by atoms with Gasteiger partial charge < -0.3 is 10.0 Å². The number of rotatable bonds is 4. The van der Waals surface area contributed by atoms with E-state index >= 15 is 0 Å². The van der Waals surface area contributed by atoms with Crippen molar-refractivity contribution in [3.8, 4) is 5.75 Å². The number of benzene rings is 1. The SMILES string of the molecule is CCN(CC(=O)N(C)C)C1CCCc2ccc(O)cc21. The molecule has 2 rings (SSSR count). The second-order valence-electron chi connectivity index (χ2n) is 5.64. The molecule has 0 radical (unpaired) electrons. The number of aromatic hydroxyl groups is 1. The summed E-state index contributed by atoms with van der Waals surface area (Å²) in [6, 6.07) is 5.86. The number of likely N-dealkylation sites (N-methyl/N-ethyl adjacent to an activating group) is 2. The van der Waals surface area contributed by atoms with E-state index in [1.54, 1.807) is 25.1 Å². The van der Waals surface area contributed by atoms with Crippen LogP contribution in [0.2, 0.25) is 0 Å². The summed E-state index contributed by atoms with van der Waals surface area (Å²) in [6.45, 7) is 3.35. The van der Waals surface area contributed by atoms with E-state index in [0.717, 1.165) is 25.8 Å². The van der Waals surface area contributed by atoms with Crippen LogP contribution < -0.4 is 0 Å².